The predicted molar refractivity (Wildman–Crippen MR) is 164 cm³/mol. The minimum Gasteiger partial charge on any atom is -0.363 e. The van der Waals surface area contributed by atoms with Crippen LogP contribution in [-0.2, 0) is 5.41 Å². The first-order valence-corrected chi connectivity index (χ1v) is 14.0. The van der Waals surface area contributed by atoms with Crippen LogP contribution in [0.5, 0.6) is 0 Å². The SMILES string of the molecule is Cc1ccc(C(C)(C)C)cc1Nc1nc(N2CCN(c3ccc(C#N)cc3)C(C)(C)C2)nc2ncn(C(C)C)c12. The summed E-state index contributed by atoms with van der Waals surface area (Å²) in [7, 11) is 0. The number of aryl methyl sites for hydroxylation is 1. The molecule has 2 aromatic carbocycles. The van der Waals surface area contributed by atoms with Crippen molar-refractivity contribution in [2.24, 2.45) is 0 Å². The molecule has 4 aromatic rings. The Balaban J connectivity index is 1.52. The summed E-state index contributed by atoms with van der Waals surface area (Å²) in [6.07, 6.45) is 1.87. The predicted octanol–water partition coefficient (Wildman–Crippen LogP) is 6.73. The molecule has 1 N–H and O–H groups in total. The summed E-state index contributed by atoms with van der Waals surface area (Å²) in [6, 6.07) is 16.9. The van der Waals surface area contributed by atoms with Gasteiger partial charge < -0.3 is 19.7 Å². The Kier molecular flexibility index (Phi) is 6.95. The maximum absolute atomic E-state index is 9.19. The summed E-state index contributed by atoms with van der Waals surface area (Å²) in [6.45, 7) is 19.9. The van der Waals surface area contributed by atoms with E-state index < -0.39 is 0 Å². The monoisotopic (exact) mass is 536 g/mol. The summed E-state index contributed by atoms with van der Waals surface area (Å²) >= 11 is 0. The second-order valence-electron chi connectivity index (χ2n) is 12.7. The van der Waals surface area contributed by atoms with Crippen molar-refractivity contribution in [1.82, 2.24) is 19.5 Å². The zero-order valence-corrected chi connectivity index (χ0v) is 24.9. The van der Waals surface area contributed by atoms with Gasteiger partial charge in [0.25, 0.3) is 0 Å². The molecule has 40 heavy (non-hydrogen) atoms. The number of fused-ring (bicyclic) bond motifs is 1. The van der Waals surface area contributed by atoms with Crippen LogP contribution in [0.4, 0.5) is 23.1 Å². The third-order valence-electron chi connectivity index (χ3n) is 7.82. The molecule has 0 aliphatic carbocycles. The zero-order chi connectivity index (χ0) is 28.8. The highest BCUT2D eigenvalue weighted by Gasteiger charge is 2.35. The van der Waals surface area contributed by atoms with E-state index in [9.17, 15) is 5.26 Å². The van der Waals surface area contributed by atoms with Gasteiger partial charge in [-0.15, -0.1) is 0 Å². The average molecular weight is 537 g/mol. The Morgan fingerprint density at radius 1 is 1.02 bits per heavy atom. The number of nitriles is 1. The lowest BCUT2D eigenvalue weighted by molar-refractivity contribution is 0.412. The molecule has 8 nitrogen and oxygen atoms in total. The zero-order valence-electron chi connectivity index (χ0n) is 24.9. The van der Waals surface area contributed by atoms with Crippen LogP contribution in [0, 0.1) is 18.3 Å². The summed E-state index contributed by atoms with van der Waals surface area (Å²) in [5.41, 5.74) is 6.73. The number of nitrogens with one attached hydrogen (secondary N) is 1. The van der Waals surface area contributed by atoms with Crippen LogP contribution in [0.15, 0.2) is 48.8 Å². The van der Waals surface area contributed by atoms with E-state index in [1.165, 1.54) is 5.56 Å². The molecule has 3 heterocycles. The van der Waals surface area contributed by atoms with E-state index >= 15 is 0 Å². The van der Waals surface area contributed by atoms with Crippen LogP contribution in [0.25, 0.3) is 11.2 Å². The van der Waals surface area contributed by atoms with Crippen LogP contribution < -0.4 is 15.1 Å². The fourth-order valence-electron chi connectivity index (χ4n) is 5.42. The maximum Gasteiger partial charge on any atom is 0.229 e. The van der Waals surface area contributed by atoms with Gasteiger partial charge in [-0.2, -0.15) is 15.2 Å². The first-order chi connectivity index (χ1) is 18.9. The first kappa shape index (κ1) is 27.4. The van der Waals surface area contributed by atoms with Crippen molar-refractivity contribution >= 4 is 34.3 Å². The molecule has 1 saturated heterocycles. The van der Waals surface area contributed by atoms with E-state index in [0.717, 1.165) is 47.9 Å². The molecule has 0 saturated carbocycles. The number of nitrogens with zero attached hydrogens (tertiary/aromatic N) is 7. The van der Waals surface area contributed by atoms with Gasteiger partial charge in [0.15, 0.2) is 11.5 Å². The molecule has 8 heteroatoms. The molecule has 0 radical (unpaired) electrons. The van der Waals surface area contributed by atoms with Crippen molar-refractivity contribution in [2.75, 3.05) is 34.8 Å². The number of imidazole rings is 1. The molecule has 208 valence electrons. The van der Waals surface area contributed by atoms with Crippen LogP contribution in [0.1, 0.15) is 71.2 Å². The number of rotatable bonds is 5. The minimum atomic E-state index is -0.173. The molecule has 2 aromatic heterocycles. The standard InChI is InChI=1S/C32H40N8/c1-21(2)39-20-34-28-27(39)29(35-26-17-24(31(4,5)6)12-9-22(26)3)37-30(36-28)38-15-16-40(32(7,8)19-38)25-13-10-23(18-33)11-14-25/h9-14,17,20-21H,15-16,19H2,1-8H3,(H,35,36,37). The smallest absolute Gasteiger partial charge is 0.229 e. The Hall–Kier alpha value is -4.12. The lowest BCUT2D eigenvalue weighted by Crippen LogP contribution is -2.60. The highest BCUT2D eigenvalue weighted by atomic mass is 15.4. The fourth-order valence-corrected chi connectivity index (χ4v) is 5.42. The summed E-state index contributed by atoms with van der Waals surface area (Å²) in [5, 5.41) is 12.9. The summed E-state index contributed by atoms with van der Waals surface area (Å²) in [4.78, 5) is 19.5. The number of aromatic nitrogens is 4. The van der Waals surface area contributed by atoms with E-state index in [0.29, 0.717) is 17.2 Å². The van der Waals surface area contributed by atoms with Crippen molar-refractivity contribution in [2.45, 2.75) is 72.4 Å². The highest BCUT2D eigenvalue weighted by molar-refractivity contribution is 5.87. The Morgan fingerprint density at radius 3 is 2.38 bits per heavy atom. The molecule has 0 unspecified atom stereocenters. The van der Waals surface area contributed by atoms with Crippen LogP contribution in [0.2, 0.25) is 0 Å². The Bertz CT molecular complexity index is 1570. The molecule has 1 aliphatic rings. The van der Waals surface area contributed by atoms with E-state index in [-0.39, 0.29) is 17.0 Å². The quantitative estimate of drug-likeness (QED) is 0.302. The Labute approximate surface area is 237 Å². The van der Waals surface area contributed by atoms with Gasteiger partial charge in [-0.1, -0.05) is 32.9 Å². The third-order valence-corrected chi connectivity index (χ3v) is 7.82. The van der Waals surface area contributed by atoms with E-state index in [1.807, 2.05) is 30.6 Å². The number of piperazine rings is 1. The molecular formula is C32H40N8. The maximum atomic E-state index is 9.19. The molecule has 0 amide bonds. The van der Waals surface area contributed by atoms with Crippen molar-refractivity contribution in [3.05, 3.63) is 65.5 Å². The second-order valence-corrected chi connectivity index (χ2v) is 12.7. The summed E-state index contributed by atoms with van der Waals surface area (Å²) < 4.78 is 2.14. The number of hydrogen-bond donors (Lipinski definition) is 1. The molecule has 0 spiro atoms. The molecule has 5 rings (SSSR count). The van der Waals surface area contributed by atoms with Gasteiger partial charge in [0.2, 0.25) is 5.95 Å². The first-order valence-electron chi connectivity index (χ1n) is 14.0. The van der Waals surface area contributed by atoms with Gasteiger partial charge >= 0.3 is 0 Å². The molecule has 1 fully saturated rings. The highest BCUT2D eigenvalue weighted by Crippen LogP contribution is 2.34. The van der Waals surface area contributed by atoms with Gasteiger partial charge in [-0.25, -0.2) is 4.98 Å². The molecule has 0 atom stereocenters. The number of benzene rings is 2. The van der Waals surface area contributed by atoms with Crippen molar-refractivity contribution < 1.29 is 0 Å². The van der Waals surface area contributed by atoms with Gasteiger partial charge in [-0.3, -0.25) is 0 Å². The lowest BCUT2D eigenvalue weighted by atomic mass is 9.86. The number of hydrogen-bond acceptors (Lipinski definition) is 7. The molecule has 1 aliphatic heterocycles. The third kappa shape index (κ3) is 5.21. The van der Waals surface area contributed by atoms with Crippen molar-refractivity contribution in [3.63, 3.8) is 0 Å². The topological polar surface area (TPSA) is 85.9 Å². The fraction of sp³-hybridized carbons (Fsp3) is 0.438. The van der Waals surface area contributed by atoms with Gasteiger partial charge in [0.1, 0.15) is 5.52 Å². The van der Waals surface area contributed by atoms with E-state index in [2.05, 4.69) is 99.3 Å². The van der Waals surface area contributed by atoms with Crippen LogP contribution in [0.3, 0.4) is 0 Å². The summed E-state index contributed by atoms with van der Waals surface area (Å²) in [5.74, 6) is 1.45. The van der Waals surface area contributed by atoms with Crippen molar-refractivity contribution in [3.8, 4) is 6.07 Å². The molecular weight excluding hydrogens is 496 g/mol. The van der Waals surface area contributed by atoms with Crippen LogP contribution >= 0.6 is 0 Å². The number of anilines is 4. The second kappa shape index (κ2) is 10.1. The van der Waals surface area contributed by atoms with Crippen molar-refractivity contribution in [1.29, 1.82) is 5.26 Å². The minimum absolute atomic E-state index is 0.0379. The lowest BCUT2D eigenvalue weighted by Gasteiger charge is -2.48. The van der Waals surface area contributed by atoms with Gasteiger partial charge in [-0.05, 0) is 81.5 Å². The van der Waals surface area contributed by atoms with E-state index in [1.54, 1.807) is 0 Å². The van der Waals surface area contributed by atoms with Gasteiger partial charge in [0.05, 0.1) is 23.5 Å². The van der Waals surface area contributed by atoms with Crippen LogP contribution in [-0.4, -0.2) is 44.7 Å². The van der Waals surface area contributed by atoms with E-state index in [4.69, 9.17) is 15.0 Å². The van der Waals surface area contributed by atoms with Gasteiger partial charge in [0, 0.05) is 37.1 Å². The normalized spacial score (nSPS) is 15.5. The molecule has 0 bridgehead atoms. The largest absolute Gasteiger partial charge is 0.363 e. The average Bonchev–Trinajstić information content (AvgIpc) is 3.34. The Morgan fingerprint density at radius 2 is 1.75 bits per heavy atom.